The second-order valence-electron chi connectivity index (χ2n) is 6.03. The van der Waals surface area contributed by atoms with E-state index in [0.29, 0.717) is 18.6 Å². The predicted octanol–water partition coefficient (Wildman–Crippen LogP) is 3.37. The fourth-order valence-electron chi connectivity index (χ4n) is 3.38. The van der Waals surface area contributed by atoms with Crippen molar-refractivity contribution < 1.29 is 0 Å². The molecule has 2 nitrogen and oxygen atoms in total. The van der Waals surface area contributed by atoms with Gasteiger partial charge in [-0.1, -0.05) is 38.1 Å². The third-order valence-electron chi connectivity index (χ3n) is 4.58. The number of nitrogens with two attached hydrogens (primary N) is 1. The van der Waals surface area contributed by atoms with Crippen molar-refractivity contribution in [1.29, 1.82) is 0 Å². The number of rotatable bonds is 4. The fraction of sp³-hybridized carbons (Fsp3) is 0.647. The Kier molecular flexibility index (Phi) is 5.00. The number of aryl methyl sites for hydroxylation is 1. The van der Waals surface area contributed by atoms with E-state index in [-0.39, 0.29) is 0 Å². The van der Waals surface area contributed by atoms with Gasteiger partial charge >= 0.3 is 0 Å². The van der Waals surface area contributed by atoms with Crippen LogP contribution in [0.15, 0.2) is 24.3 Å². The van der Waals surface area contributed by atoms with Crippen molar-refractivity contribution in [2.24, 2.45) is 11.7 Å². The molecule has 1 aromatic carbocycles. The summed E-state index contributed by atoms with van der Waals surface area (Å²) in [4.78, 5) is 2.63. The number of likely N-dealkylation sites (tertiary alicyclic amines) is 1. The molecule has 106 valence electrons. The molecule has 3 atom stereocenters. The maximum absolute atomic E-state index is 6.13. The van der Waals surface area contributed by atoms with Gasteiger partial charge in [-0.15, -0.1) is 0 Å². The van der Waals surface area contributed by atoms with Gasteiger partial charge in [-0.2, -0.15) is 0 Å². The SMILES string of the molecule is CCc1ccccc1C(CN)N1CC(C)CCC1C. The van der Waals surface area contributed by atoms with Gasteiger partial charge in [0.15, 0.2) is 0 Å². The van der Waals surface area contributed by atoms with Gasteiger partial charge < -0.3 is 5.73 Å². The molecule has 1 heterocycles. The first-order valence-electron chi connectivity index (χ1n) is 7.71. The lowest BCUT2D eigenvalue weighted by atomic mass is 9.90. The minimum atomic E-state index is 0.383. The van der Waals surface area contributed by atoms with Crippen molar-refractivity contribution in [3.8, 4) is 0 Å². The Morgan fingerprint density at radius 2 is 2.00 bits per heavy atom. The van der Waals surface area contributed by atoms with E-state index in [9.17, 15) is 0 Å². The molecule has 0 amide bonds. The van der Waals surface area contributed by atoms with Gasteiger partial charge in [-0.25, -0.2) is 0 Å². The Morgan fingerprint density at radius 3 is 2.68 bits per heavy atom. The second-order valence-corrected chi connectivity index (χ2v) is 6.03. The van der Waals surface area contributed by atoms with Crippen molar-refractivity contribution >= 4 is 0 Å². The number of hydrogen-bond donors (Lipinski definition) is 1. The van der Waals surface area contributed by atoms with E-state index in [1.54, 1.807) is 0 Å². The summed E-state index contributed by atoms with van der Waals surface area (Å²) in [5, 5.41) is 0. The molecule has 1 aromatic rings. The molecule has 0 saturated carbocycles. The summed E-state index contributed by atoms with van der Waals surface area (Å²) in [6.45, 7) is 8.84. The van der Waals surface area contributed by atoms with E-state index >= 15 is 0 Å². The van der Waals surface area contributed by atoms with E-state index in [1.807, 2.05) is 0 Å². The third kappa shape index (κ3) is 3.18. The van der Waals surface area contributed by atoms with Gasteiger partial charge in [0.05, 0.1) is 0 Å². The number of benzene rings is 1. The highest BCUT2D eigenvalue weighted by atomic mass is 15.2. The van der Waals surface area contributed by atoms with Crippen LogP contribution in [0.25, 0.3) is 0 Å². The Bertz CT molecular complexity index is 402. The molecule has 1 saturated heterocycles. The van der Waals surface area contributed by atoms with Crippen molar-refractivity contribution in [3.05, 3.63) is 35.4 Å². The van der Waals surface area contributed by atoms with E-state index < -0.39 is 0 Å². The molecule has 1 aliphatic heterocycles. The first kappa shape index (κ1) is 14.5. The van der Waals surface area contributed by atoms with Crippen LogP contribution in [0.5, 0.6) is 0 Å². The maximum Gasteiger partial charge on any atom is 0.0476 e. The summed E-state index contributed by atoms with van der Waals surface area (Å²) in [6.07, 6.45) is 3.74. The van der Waals surface area contributed by atoms with Gasteiger partial charge in [0, 0.05) is 25.2 Å². The number of hydrogen-bond acceptors (Lipinski definition) is 2. The molecule has 2 N–H and O–H groups in total. The van der Waals surface area contributed by atoms with Crippen LogP contribution in [0.3, 0.4) is 0 Å². The zero-order chi connectivity index (χ0) is 13.8. The minimum absolute atomic E-state index is 0.383. The zero-order valence-corrected chi connectivity index (χ0v) is 12.6. The van der Waals surface area contributed by atoms with E-state index in [2.05, 4.69) is 49.9 Å². The Hall–Kier alpha value is -0.860. The lowest BCUT2D eigenvalue weighted by Crippen LogP contribution is -2.45. The first-order valence-corrected chi connectivity index (χ1v) is 7.71. The molecule has 0 aliphatic carbocycles. The van der Waals surface area contributed by atoms with Crippen LogP contribution in [0.4, 0.5) is 0 Å². The second kappa shape index (κ2) is 6.53. The van der Waals surface area contributed by atoms with Gasteiger partial charge in [0.1, 0.15) is 0 Å². The lowest BCUT2D eigenvalue weighted by molar-refractivity contribution is 0.0794. The molecule has 3 unspecified atom stereocenters. The van der Waals surface area contributed by atoms with Gasteiger partial charge in [0.2, 0.25) is 0 Å². The molecule has 2 heteroatoms. The molecule has 0 radical (unpaired) electrons. The monoisotopic (exact) mass is 260 g/mol. The van der Waals surface area contributed by atoms with Crippen molar-refractivity contribution in [2.75, 3.05) is 13.1 Å². The lowest BCUT2D eigenvalue weighted by Gasteiger charge is -2.42. The molecule has 0 spiro atoms. The molecule has 19 heavy (non-hydrogen) atoms. The van der Waals surface area contributed by atoms with Crippen molar-refractivity contribution in [1.82, 2.24) is 4.90 Å². The number of nitrogens with zero attached hydrogens (tertiary/aromatic N) is 1. The quantitative estimate of drug-likeness (QED) is 0.899. The molecule has 1 fully saturated rings. The number of piperidine rings is 1. The van der Waals surface area contributed by atoms with Gasteiger partial charge in [-0.05, 0) is 43.2 Å². The van der Waals surface area contributed by atoms with Crippen LogP contribution in [-0.2, 0) is 6.42 Å². The average molecular weight is 260 g/mol. The molecular formula is C17H28N2. The largest absolute Gasteiger partial charge is 0.329 e. The average Bonchev–Trinajstić information content (AvgIpc) is 2.44. The van der Waals surface area contributed by atoms with Crippen LogP contribution >= 0.6 is 0 Å². The van der Waals surface area contributed by atoms with E-state index in [1.165, 1.54) is 30.5 Å². The van der Waals surface area contributed by atoms with E-state index in [0.717, 1.165) is 12.3 Å². The molecule has 2 rings (SSSR count). The predicted molar refractivity (Wildman–Crippen MR) is 82.2 cm³/mol. The highest BCUT2D eigenvalue weighted by Crippen LogP contribution is 2.31. The summed E-state index contributed by atoms with van der Waals surface area (Å²) in [6, 6.07) is 9.83. The van der Waals surface area contributed by atoms with Crippen LogP contribution in [-0.4, -0.2) is 24.0 Å². The summed E-state index contributed by atoms with van der Waals surface area (Å²) in [5.41, 5.74) is 9.01. The third-order valence-corrected chi connectivity index (χ3v) is 4.58. The normalized spacial score (nSPS) is 26.3. The van der Waals surface area contributed by atoms with Crippen molar-refractivity contribution in [2.45, 2.75) is 52.1 Å². The fourth-order valence-corrected chi connectivity index (χ4v) is 3.38. The summed E-state index contributed by atoms with van der Waals surface area (Å²) in [7, 11) is 0. The summed E-state index contributed by atoms with van der Waals surface area (Å²) >= 11 is 0. The Labute approximate surface area is 118 Å². The molecule has 1 aliphatic rings. The van der Waals surface area contributed by atoms with Crippen molar-refractivity contribution in [3.63, 3.8) is 0 Å². The molecular weight excluding hydrogens is 232 g/mol. The highest BCUT2D eigenvalue weighted by molar-refractivity contribution is 5.30. The summed E-state index contributed by atoms with van der Waals surface area (Å²) < 4.78 is 0. The topological polar surface area (TPSA) is 29.3 Å². The zero-order valence-electron chi connectivity index (χ0n) is 12.6. The maximum atomic E-state index is 6.13. The first-order chi connectivity index (χ1) is 9.17. The highest BCUT2D eigenvalue weighted by Gasteiger charge is 2.29. The molecule has 0 aromatic heterocycles. The van der Waals surface area contributed by atoms with E-state index in [4.69, 9.17) is 5.73 Å². The minimum Gasteiger partial charge on any atom is -0.329 e. The smallest absolute Gasteiger partial charge is 0.0476 e. The van der Waals surface area contributed by atoms with Crippen LogP contribution < -0.4 is 5.73 Å². The van der Waals surface area contributed by atoms with Gasteiger partial charge in [-0.3, -0.25) is 4.90 Å². The van der Waals surface area contributed by atoms with Crippen LogP contribution in [0.1, 0.15) is 50.8 Å². The Morgan fingerprint density at radius 1 is 1.26 bits per heavy atom. The summed E-state index contributed by atoms with van der Waals surface area (Å²) in [5.74, 6) is 0.791. The standard InChI is InChI=1S/C17H28N2/c1-4-15-7-5-6-8-16(15)17(11-18)19-12-13(2)9-10-14(19)3/h5-8,13-14,17H,4,9-12,18H2,1-3H3. The van der Waals surface area contributed by atoms with Crippen LogP contribution in [0.2, 0.25) is 0 Å². The van der Waals surface area contributed by atoms with Crippen LogP contribution in [0, 0.1) is 5.92 Å². The molecule has 0 bridgehead atoms. The van der Waals surface area contributed by atoms with Gasteiger partial charge in [0.25, 0.3) is 0 Å². The Balaban J connectivity index is 2.27.